The van der Waals surface area contributed by atoms with E-state index in [1.807, 2.05) is 28.9 Å². The first-order chi connectivity index (χ1) is 10.1. The summed E-state index contributed by atoms with van der Waals surface area (Å²) in [7, 11) is 1.64. The largest absolute Gasteiger partial charge is 0.497 e. The highest BCUT2D eigenvalue weighted by atomic mass is 16.5. The Labute approximate surface area is 124 Å². The van der Waals surface area contributed by atoms with Crippen LogP contribution in [0.15, 0.2) is 24.3 Å². The Hall–Kier alpha value is -2.17. The SMILES string of the molecule is COc1ccc(Cc2c(C=O)nnn2CCC(C)C)cc1. The number of rotatable bonds is 7. The van der Waals surface area contributed by atoms with Crippen LogP contribution in [0.25, 0.3) is 0 Å². The van der Waals surface area contributed by atoms with Gasteiger partial charge in [-0.25, -0.2) is 4.68 Å². The van der Waals surface area contributed by atoms with Gasteiger partial charge in [0.15, 0.2) is 6.29 Å². The molecule has 0 N–H and O–H groups in total. The molecule has 0 unspecified atom stereocenters. The number of aryl methyl sites for hydroxylation is 1. The molecule has 0 amide bonds. The van der Waals surface area contributed by atoms with Crippen LogP contribution in [-0.4, -0.2) is 28.4 Å². The number of ether oxygens (including phenoxy) is 1. The maximum atomic E-state index is 11.1. The first-order valence-electron chi connectivity index (χ1n) is 7.14. The number of hydrogen-bond acceptors (Lipinski definition) is 4. The van der Waals surface area contributed by atoms with E-state index in [1.165, 1.54) is 0 Å². The minimum atomic E-state index is 0.426. The van der Waals surface area contributed by atoms with Gasteiger partial charge in [0, 0.05) is 13.0 Å². The van der Waals surface area contributed by atoms with E-state index in [0.717, 1.165) is 36.3 Å². The summed E-state index contributed by atoms with van der Waals surface area (Å²) in [6, 6.07) is 7.82. The van der Waals surface area contributed by atoms with Crippen LogP contribution >= 0.6 is 0 Å². The molecule has 2 rings (SSSR count). The average Bonchev–Trinajstić information content (AvgIpc) is 2.88. The van der Waals surface area contributed by atoms with Gasteiger partial charge in [0.1, 0.15) is 11.4 Å². The van der Waals surface area contributed by atoms with Gasteiger partial charge in [-0.15, -0.1) is 5.10 Å². The number of carbonyl (C=O) groups is 1. The summed E-state index contributed by atoms with van der Waals surface area (Å²) < 4.78 is 6.99. The monoisotopic (exact) mass is 287 g/mol. The molecule has 1 aromatic heterocycles. The van der Waals surface area contributed by atoms with Crippen LogP contribution in [0.5, 0.6) is 5.75 Å². The second kappa shape index (κ2) is 7.02. The van der Waals surface area contributed by atoms with Gasteiger partial charge in [-0.05, 0) is 30.0 Å². The molecule has 0 aliphatic heterocycles. The molecule has 0 atom stereocenters. The number of carbonyl (C=O) groups excluding carboxylic acids is 1. The van der Waals surface area contributed by atoms with E-state index >= 15 is 0 Å². The van der Waals surface area contributed by atoms with E-state index in [-0.39, 0.29) is 0 Å². The van der Waals surface area contributed by atoms with E-state index in [1.54, 1.807) is 7.11 Å². The van der Waals surface area contributed by atoms with Crippen molar-refractivity contribution in [1.29, 1.82) is 0 Å². The number of benzene rings is 1. The molecule has 21 heavy (non-hydrogen) atoms. The predicted molar refractivity (Wildman–Crippen MR) is 80.7 cm³/mol. The van der Waals surface area contributed by atoms with Crippen LogP contribution in [0.4, 0.5) is 0 Å². The van der Waals surface area contributed by atoms with Crippen LogP contribution in [-0.2, 0) is 13.0 Å². The average molecular weight is 287 g/mol. The van der Waals surface area contributed by atoms with Crippen molar-refractivity contribution < 1.29 is 9.53 Å². The smallest absolute Gasteiger partial charge is 0.172 e. The molecule has 5 heteroatoms. The Morgan fingerprint density at radius 3 is 2.57 bits per heavy atom. The lowest BCUT2D eigenvalue weighted by atomic mass is 10.1. The molecule has 0 aliphatic rings. The lowest BCUT2D eigenvalue weighted by Gasteiger charge is -2.09. The van der Waals surface area contributed by atoms with Crippen molar-refractivity contribution in [1.82, 2.24) is 15.0 Å². The molecule has 0 saturated heterocycles. The second-order valence-corrected chi connectivity index (χ2v) is 5.47. The summed E-state index contributed by atoms with van der Waals surface area (Å²) in [6.45, 7) is 5.12. The Morgan fingerprint density at radius 2 is 2.00 bits per heavy atom. The maximum Gasteiger partial charge on any atom is 0.172 e. The summed E-state index contributed by atoms with van der Waals surface area (Å²) in [5.74, 6) is 1.41. The number of hydrogen-bond donors (Lipinski definition) is 0. The fourth-order valence-corrected chi connectivity index (χ4v) is 2.12. The molecule has 112 valence electrons. The quantitative estimate of drug-likeness (QED) is 0.735. The third-order valence-electron chi connectivity index (χ3n) is 3.43. The zero-order valence-corrected chi connectivity index (χ0v) is 12.7. The molecule has 0 fully saturated rings. The van der Waals surface area contributed by atoms with Gasteiger partial charge in [-0.1, -0.05) is 31.2 Å². The van der Waals surface area contributed by atoms with Gasteiger partial charge in [0.05, 0.1) is 12.8 Å². The van der Waals surface area contributed by atoms with Gasteiger partial charge < -0.3 is 4.74 Å². The van der Waals surface area contributed by atoms with Gasteiger partial charge in [0.25, 0.3) is 0 Å². The van der Waals surface area contributed by atoms with Crippen LogP contribution in [0.2, 0.25) is 0 Å². The highest BCUT2D eigenvalue weighted by Gasteiger charge is 2.13. The number of aldehydes is 1. The van der Waals surface area contributed by atoms with E-state index in [4.69, 9.17) is 4.74 Å². The molecule has 2 aromatic rings. The fraction of sp³-hybridized carbons (Fsp3) is 0.438. The molecule has 0 aliphatic carbocycles. The number of aromatic nitrogens is 3. The molecular weight excluding hydrogens is 266 g/mol. The van der Waals surface area contributed by atoms with Crippen LogP contribution in [0.1, 0.15) is 42.0 Å². The lowest BCUT2D eigenvalue weighted by Crippen LogP contribution is -2.09. The van der Waals surface area contributed by atoms with E-state index in [2.05, 4.69) is 24.2 Å². The maximum absolute atomic E-state index is 11.1. The van der Waals surface area contributed by atoms with E-state index in [9.17, 15) is 4.79 Å². The summed E-state index contributed by atoms with van der Waals surface area (Å²) >= 11 is 0. The van der Waals surface area contributed by atoms with Gasteiger partial charge in [-0.3, -0.25) is 4.79 Å². The Bertz CT molecular complexity index is 588. The lowest BCUT2D eigenvalue weighted by molar-refractivity contribution is 0.111. The van der Waals surface area contributed by atoms with Crippen molar-refractivity contribution in [3.63, 3.8) is 0 Å². The zero-order chi connectivity index (χ0) is 15.2. The van der Waals surface area contributed by atoms with E-state index in [0.29, 0.717) is 18.0 Å². The Balaban J connectivity index is 2.19. The Morgan fingerprint density at radius 1 is 1.29 bits per heavy atom. The first-order valence-corrected chi connectivity index (χ1v) is 7.14. The third-order valence-corrected chi connectivity index (χ3v) is 3.43. The third kappa shape index (κ3) is 3.90. The van der Waals surface area contributed by atoms with Crippen molar-refractivity contribution in [2.45, 2.75) is 33.2 Å². The summed E-state index contributed by atoms with van der Waals surface area (Å²) in [4.78, 5) is 11.1. The van der Waals surface area contributed by atoms with E-state index < -0.39 is 0 Å². The molecule has 0 saturated carbocycles. The standard InChI is InChI=1S/C16H21N3O2/c1-12(2)8-9-19-16(15(11-20)17-18-19)10-13-4-6-14(21-3)7-5-13/h4-7,11-12H,8-10H2,1-3H3. The van der Waals surface area contributed by atoms with Crippen molar-refractivity contribution >= 4 is 6.29 Å². The topological polar surface area (TPSA) is 57.0 Å². The summed E-state index contributed by atoms with van der Waals surface area (Å²) in [5, 5.41) is 8.06. The van der Waals surface area contributed by atoms with Gasteiger partial charge >= 0.3 is 0 Å². The molecule has 0 radical (unpaired) electrons. The second-order valence-electron chi connectivity index (χ2n) is 5.47. The Kier molecular flexibility index (Phi) is 5.09. The minimum Gasteiger partial charge on any atom is -0.497 e. The first kappa shape index (κ1) is 15.2. The predicted octanol–water partition coefficient (Wildman–Crippen LogP) is 2.74. The molecule has 0 bridgehead atoms. The molecule has 5 nitrogen and oxygen atoms in total. The van der Waals surface area contributed by atoms with Crippen molar-refractivity contribution in [3.05, 3.63) is 41.2 Å². The molecule has 0 spiro atoms. The summed E-state index contributed by atoms with van der Waals surface area (Å²) in [6.07, 6.45) is 2.43. The van der Waals surface area contributed by atoms with Gasteiger partial charge in [-0.2, -0.15) is 0 Å². The van der Waals surface area contributed by atoms with Crippen molar-refractivity contribution in [3.8, 4) is 5.75 Å². The molecule has 1 aromatic carbocycles. The normalized spacial score (nSPS) is 10.9. The highest BCUT2D eigenvalue weighted by Crippen LogP contribution is 2.16. The number of methoxy groups -OCH3 is 1. The molecular formula is C16H21N3O2. The van der Waals surface area contributed by atoms with Crippen LogP contribution in [0.3, 0.4) is 0 Å². The fourth-order valence-electron chi connectivity index (χ4n) is 2.12. The van der Waals surface area contributed by atoms with Gasteiger partial charge in [0.2, 0.25) is 0 Å². The molecule has 1 heterocycles. The minimum absolute atomic E-state index is 0.426. The number of nitrogens with zero attached hydrogens (tertiary/aromatic N) is 3. The van der Waals surface area contributed by atoms with Crippen molar-refractivity contribution in [2.24, 2.45) is 5.92 Å². The zero-order valence-electron chi connectivity index (χ0n) is 12.7. The van der Waals surface area contributed by atoms with Crippen LogP contribution < -0.4 is 4.74 Å². The van der Waals surface area contributed by atoms with Crippen LogP contribution in [0, 0.1) is 5.92 Å². The van der Waals surface area contributed by atoms with Crippen molar-refractivity contribution in [2.75, 3.05) is 7.11 Å². The highest BCUT2D eigenvalue weighted by molar-refractivity contribution is 5.73. The summed E-state index contributed by atoms with van der Waals surface area (Å²) in [5.41, 5.74) is 2.40.